The first-order valence-electron chi connectivity index (χ1n) is 12.0. The Kier molecular flexibility index (Phi) is 5.93. The highest BCUT2D eigenvalue weighted by Crippen LogP contribution is 2.53. The number of hydrogen-bond acceptors (Lipinski definition) is 8. The third-order valence-electron chi connectivity index (χ3n) is 8.15. The summed E-state index contributed by atoms with van der Waals surface area (Å²) in [6.45, 7) is 0. The van der Waals surface area contributed by atoms with Crippen molar-refractivity contribution in [3.63, 3.8) is 0 Å². The molecule has 5 rings (SSSR count). The van der Waals surface area contributed by atoms with Gasteiger partial charge in [0.2, 0.25) is 11.7 Å². The van der Waals surface area contributed by atoms with E-state index in [9.17, 15) is 43.6 Å². The number of rotatable bonds is 3. The average Bonchev–Trinajstić information content (AvgIpc) is 2.80. The highest BCUT2D eigenvalue weighted by molar-refractivity contribution is 6.25. The number of nitrogens with two attached hydrogens (primary N) is 1. The topological polar surface area (TPSA) is 161 Å². The van der Waals surface area contributed by atoms with Crippen molar-refractivity contribution in [1.29, 1.82) is 0 Å². The van der Waals surface area contributed by atoms with Crippen LogP contribution in [-0.4, -0.2) is 74.6 Å². The standard InChI is InChI=1S/C27H26F2N2O7/c1-31(2)21-16-8-11-7-15-14(10-5-12(28)9-13(29)6-10)3-4-17(32)19(15)22(33)18(11)24(35)27(16,38)25(36)20(23(21)34)26(30)37/h3-6,9,11,16,20-21,23,32-34,38H,7-8H2,1-2H3,(H2,30,37)/t11-,16-,20?,21-,23?,27-/m1/s1. The fourth-order valence-corrected chi connectivity index (χ4v) is 6.58. The summed E-state index contributed by atoms with van der Waals surface area (Å²) in [6, 6.07) is 4.52. The van der Waals surface area contributed by atoms with Crippen LogP contribution in [0, 0.1) is 29.4 Å². The largest absolute Gasteiger partial charge is 0.507 e. The molecule has 3 aliphatic rings. The monoisotopic (exact) mass is 528 g/mol. The molecule has 200 valence electrons. The molecule has 0 heterocycles. The first-order chi connectivity index (χ1) is 17.8. The molecule has 0 aliphatic heterocycles. The number of carbonyl (C=O) groups excluding carboxylic acids is 3. The second kappa shape index (κ2) is 8.69. The van der Waals surface area contributed by atoms with Crippen molar-refractivity contribution in [3.05, 3.63) is 58.7 Å². The third kappa shape index (κ3) is 3.49. The average molecular weight is 529 g/mol. The van der Waals surface area contributed by atoms with E-state index in [2.05, 4.69) is 0 Å². The van der Waals surface area contributed by atoms with Crippen LogP contribution in [0.5, 0.6) is 5.75 Å². The van der Waals surface area contributed by atoms with Gasteiger partial charge in [0, 0.05) is 23.6 Å². The molecule has 6 atom stereocenters. The van der Waals surface area contributed by atoms with Gasteiger partial charge in [-0.2, -0.15) is 0 Å². The summed E-state index contributed by atoms with van der Waals surface area (Å²) >= 11 is 0. The fourth-order valence-electron chi connectivity index (χ4n) is 6.58. The molecule has 1 amide bonds. The van der Waals surface area contributed by atoms with Crippen molar-refractivity contribution < 1.29 is 43.6 Å². The number of phenolic OH excluding ortho intramolecular Hbond substituents is 1. The van der Waals surface area contributed by atoms with Gasteiger partial charge in [-0.05, 0) is 67.7 Å². The number of primary amides is 1. The Balaban J connectivity index is 1.71. The number of likely N-dealkylation sites (N-methyl/N-ethyl adjacent to an activating group) is 1. The van der Waals surface area contributed by atoms with Gasteiger partial charge in [-0.25, -0.2) is 8.78 Å². The molecule has 0 radical (unpaired) electrons. The lowest BCUT2D eigenvalue weighted by Crippen LogP contribution is -2.73. The molecule has 11 heteroatoms. The van der Waals surface area contributed by atoms with Crippen LogP contribution in [0.15, 0.2) is 35.9 Å². The summed E-state index contributed by atoms with van der Waals surface area (Å²) in [6.07, 6.45) is -1.65. The van der Waals surface area contributed by atoms with Gasteiger partial charge in [-0.3, -0.25) is 14.4 Å². The van der Waals surface area contributed by atoms with Crippen molar-refractivity contribution in [2.24, 2.45) is 23.5 Å². The number of benzene rings is 2. The second-order valence-electron chi connectivity index (χ2n) is 10.4. The van der Waals surface area contributed by atoms with E-state index in [1.807, 2.05) is 0 Å². The van der Waals surface area contributed by atoms with E-state index in [4.69, 9.17) is 5.73 Å². The minimum absolute atomic E-state index is 0.0125. The number of phenols is 1. The molecule has 6 N–H and O–H groups in total. The van der Waals surface area contributed by atoms with Crippen LogP contribution in [0.4, 0.5) is 8.78 Å². The number of nitrogens with zero attached hydrogens (tertiary/aromatic N) is 1. The number of hydrogen-bond donors (Lipinski definition) is 5. The van der Waals surface area contributed by atoms with Gasteiger partial charge in [0.1, 0.15) is 29.1 Å². The Labute approximate surface area is 215 Å². The zero-order valence-electron chi connectivity index (χ0n) is 20.5. The summed E-state index contributed by atoms with van der Waals surface area (Å²) in [5.74, 6) is -10.2. The van der Waals surface area contributed by atoms with Crippen molar-refractivity contribution in [3.8, 4) is 16.9 Å². The summed E-state index contributed by atoms with van der Waals surface area (Å²) in [5, 5.41) is 44.4. The van der Waals surface area contributed by atoms with Gasteiger partial charge in [0.15, 0.2) is 11.4 Å². The van der Waals surface area contributed by atoms with Crippen molar-refractivity contribution >= 4 is 23.2 Å². The molecule has 0 spiro atoms. The minimum atomic E-state index is -2.76. The van der Waals surface area contributed by atoms with Gasteiger partial charge >= 0.3 is 0 Å². The van der Waals surface area contributed by atoms with Gasteiger partial charge in [-0.15, -0.1) is 0 Å². The smallest absolute Gasteiger partial charge is 0.230 e. The quantitative estimate of drug-likeness (QED) is 0.370. The lowest BCUT2D eigenvalue weighted by atomic mass is 9.54. The summed E-state index contributed by atoms with van der Waals surface area (Å²) < 4.78 is 28.0. The van der Waals surface area contributed by atoms with Crippen molar-refractivity contribution in [2.45, 2.75) is 30.6 Å². The van der Waals surface area contributed by atoms with Crippen LogP contribution in [0.1, 0.15) is 17.5 Å². The Morgan fingerprint density at radius 2 is 1.74 bits per heavy atom. The van der Waals surface area contributed by atoms with Crippen molar-refractivity contribution in [1.82, 2.24) is 4.90 Å². The van der Waals surface area contributed by atoms with Crippen LogP contribution in [0.25, 0.3) is 16.9 Å². The molecule has 0 aromatic heterocycles. The van der Waals surface area contributed by atoms with Gasteiger partial charge in [0.25, 0.3) is 0 Å². The number of fused-ring (bicyclic) bond motifs is 3. The molecule has 2 saturated carbocycles. The molecule has 2 aromatic carbocycles. The number of aromatic hydroxyl groups is 1. The maximum atomic E-state index is 14.0. The maximum absolute atomic E-state index is 14.0. The van der Waals surface area contributed by atoms with E-state index in [1.165, 1.54) is 17.0 Å². The van der Waals surface area contributed by atoms with Crippen LogP contribution in [0.3, 0.4) is 0 Å². The van der Waals surface area contributed by atoms with E-state index in [-0.39, 0.29) is 29.5 Å². The van der Waals surface area contributed by atoms with E-state index in [0.29, 0.717) is 17.2 Å². The Morgan fingerprint density at radius 3 is 2.32 bits per heavy atom. The Hall–Kier alpha value is -3.67. The zero-order valence-corrected chi connectivity index (χ0v) is 20.5. The normalized spacial score (nSPS) is 30.7. The van der Waals surface area contributed by atoms with E-state index in [1.54, 1.807) is 14.1 Å². The lowest BCUT2D eigenvalue weighted by Gasteiger charge is -2.53. The van der Waals surface area contributed by atoms with E-state index in [0.717, 1.165) is 12.1 Å². The molecule has 2 unspecified atom stereocenters. The molecule has 2 fully saturated rings. The molecule has 9 nitrogen and oxygen atoms in total. The van der Waals surface area contributed by atoms with E-state index >= 15 is 0 Å². The molecule has 38 heavy (non-hydrogen) atoms. The van der Waals surface area contributed by atoms with Gasteiger partial charge in [-0.1, -0.05) is 6.07 Å². The van der Waals surface area contributed by atoms with Crippen LogP contribution in [0.2, 0.25) is 0 Å². The number of halogens is 2. The summed E-state index contributed by atoms with van der Waals surface area (Å²) in [5.41, 5.74) is 2.91. The fraction of sp³-hybridized carbons (Fsp3) is 0.370. The number of carbonyl (C=O) groups is 3. The number of aliphatic hydroxyl groups is 3. The highest BCUT2D eigenvalue weighted by atomic mass is 19.1. The molecule has 0 saturated heterocycles. The minimum Gasteiger partial charge on any atom is -0.507 e. The highest BCUT2D eigenvalue weighted by Gasteiger charge is 2.67. The number of ketones is 2. The molecular weight excluding hydrogens is 502 g/mol. The maximum Gasteiger partial charge on any atom is 0.230 e. The molecule has 2 aromatic rings. The number of aliphatic hydroxyl groups excluding tert-OH is 2. The predicted octanol–water partition coefficient (Wildman–Crippen LogP) is 1.07. The molecule has 0 bridgehead atoms. The van der Waals surface area contributed by atoms with Crippen molar-refractivity contribution in [2.75, 3.05) is 14.1 Å². The van der Waals surface area contributed by atoms with Gasteiger partial charge in [0.05, 0.1) is 11.7 Å². The molecular formula is C27H26F2N2O7. The van der Waals surface area contributed by atoms with Crippen LogP contribution in [-0.2, 0) is 20.8 Å². The lowest BCUT2D eigenvalue weighted by molar-refractivity contribution is -0.184. The Bertz CT molecular complexity index is 1420. The predicted molar refractivity (Wildman–Crippen MR) is 129 cm³/mol. The number of Topliss-reactive ketones (excluding diaryl/α,β-unsaturated/α-hetero) is 2. The first kappa shape index (κ1) is 26.0. The molecule has 3 aliphatic carbocycles. The first-order valence-corrected chi connectivity index (χ1v) is 12.0. The summed E-state index contributed by atoms with van der Waals surface area (Å²) in [4.78, 5) is 40.7. The zero-order chi connectivity index (χ0) is 27.8. The van der Waals surface area contributed by atoms with Crippen LogP contribution < -0.4 is 5.73 Å². The third-order valence-corrected chi connectivity index (χ3v) is 8.15. The Morgan fingerprint density at radius 1 is 1.11 bits per heavy atom. The van der Waals surface area contributed by atoms with Gasteiger partial charge < -0.3 is 31.1 Å². The summed E-state index contributed by atoms with van der Waals surface area (Å²) in [7, 11) is 3.11. The second-order valence-corrected chi connectivity index (χ2v) is 10.4. The van der Waals surface area contributed by atoms with Crippen LogP contribution >= 0.6 is 0 Å². The van der Waals surface area contributed by atoms with E-state index < -0.39 is 76.1 Å². The number of amides is 1. The SMILES string of the molecule is CN(C)[C@H]1C(O)C(C(N)=O)C(=O)[C@]2(O)C(=O)C3=C(O)c4c(O)ccc(-c5cc(F)cc(F)c5)c4C[C@@H]3C[C@H]12.